The van der Waals surface area contributed by atoms with Gasteiger partial charge in [0.15, 0.2) is 0 Å². The van der Waals surface area contributed by atoms with Crippen molar-refractivity contribution >= 4 is 10.1 Å². The second-order valence-electron chi connectivity index (χ2n) is 8.26. The van der Waals surface area contributed by atoms with Gasteiger partial charge < -0.3 is 17.9 Å². The molecule has 0 unspecified atom stereocenters. The molecule has 0 aliphatic heterocycles. The third-order valence-corrected chi connectivity index (χ3v) is 5.00. The molecule has 1 rings (SSSR count). The van der Waals surface area contributed by atoms with Crippen LogP contribution in [0.2, 0.25) is 0 Å². The van der Waals surface area contributed by atoms with Crippen LogP contribution in [0.3, 0.4) is 0 Å². The Morgan fingerprint density at radius 2 is 1.12 bits per heavy atom. The van der Waals surface area contributed by atoms with E-state index in [9.17, 15) is 13.0 Å². The first-order chi connectivity index (χ1) is 16.1. The van der Waals surface area contributed by atoms with Gasteiger partial charge in [0.25, 0.3) is 10.1 Å². The number of aryl methyl sites for hydroxylation is 1. The molecule has 1 aromatic carbocycles. The van der Waals surface area contributed by atoms with Crippen molar-refractivity contribution in [2.45, 2.75) is 130 Å². The van der Waals surface area contributed by atoms with Crippen molar-refractivity contribution in [2.24, 2.45) is 0 Å². The molecule has 7 heteroatoms. The molecule has 0 radical (unpaired) electrons. The average molecular weight is 537 g/mol. The number of aliphatic hydroxyl groups excluding tert-OH is 1. The zero-order valence-electron chi connectivity index (χ0n) is 22.8. The van der Waals surface area contributed by atoms with Gasteiger partial charge in [-0.3, -0.25) is 4.55 Å². The molecule has 0 heterocycles. The van der Waals surface area contributed by atoms with E-state index in [0.29, 0.717) is 6.42 Å². The Kier molecular flexibility index (Phi) is 39.1. The van der Waals surface area contributed by atoms with Crippen molar-refractivity contribution in [3.63, 3.8) is 0 Å². The summed E-state index contributed by atoms with van der Waals surface area (Å²) in [5, 5.41) is 8.06. The van der Waals surface area contributed by atoms with Gasteiger partial charge in [0.05, 0.1) is 4.90 Å². The van der Waals surface area contributed by atoms with Gasteiger partial charge >= 0.3 is 23.7 Å². The van der Waals surface area contributed by atoms with Crippen LogP contribution < -0.4 is 0 Å². The standard InChI is InChI=1S/C18H30O3S.C3H8O.2C3H7.O.Ti/c1-2-3-4-5-6-7-8-9-10-11-14-17-15-12-13-16-18(17)22(19,20)21;1-3(2)4;2*1-3-2;;/h12-13,15-16H,2-11,14H2,1H3,(H,19,20,21);3-4H,1-2H3;2*3H,1-2H3;;/q;;2*-1;;+2. The van der Waals surface area contributed by atoms with E-state index in [1.807, 2.05) is 46.6 Å². The molecule has 0 bridgehead atoms. The summed E-state index contributed by atoms with van der Waals surface area (Å²) in [6, 6.07) is 6.73. The number of unbranched alkanes of at least 4 members (excludes halogenated alkanes) is 9. The minimum absolute atomic E-state index is 0.0610. The van der Waals surface area contributed by atoms with Crippen LogP contribution in [0, 0.1) is 12.8 Å². The second-order valence-corrected chi connectivity index (χ2v) is 9.65. The predicted octanol–water partition coefficient (Wildman–Crippen LogP) is 8.12. The van der Waals surface area contributed by atoms with Gasteiger partial charge in [0.2, 0.25) is 0 Å². The first-order valence-corrected chi connectivity index (χ1v) is 14.6. The summed E-state index contributed by atoms with van der Waals surface area (Å²) in [5.74, 6) is 0. The molecule has 0 amide bonds. The van der Waals surface area contributed by atoms with Crippen LogP contribution in [-0.2, 0) is 40.3 Å². The van der Waals surface area contributed by atoms with Crippen molar-refractivity contribution < 1.29 is 41.8 Å². The van der Waals surface area contributed by atoms with Gasteiger partial charge in [0.1, 0.15) is 0 Å². The Morgan fingerprint density at radius 3 is 1.47 bits per heavy atom. The molecule has 0 saturated heterocycles. The maximum atomic E-state index is 11.3. The zero-order chi connectivity index (χ0) is 27.3. The van der Waals surface area contributed by atoms with Crippen molar-refractivity contribution in [1.82, 2.24) is 0 Å². The summed E-state index contributed by atoms with van der Waals surface area (Å²) >= 11 is 0.750. The maximum absolute atomic E-state index is 11.3. The SMILES string of the molecule is CC(C)O.CCCCCCCCCCCCc1ccccc1S(=O)(=O)O.C[CH-]C.C[CH-]C.[O]=[Ti+2]. The molecule has 200 valence electrons. The van der Waals surface area contributed by atoms with Gasteiger partial charge in [-0.25, -0.2) is 0 Å². The van der Waals surface area contributed by atoms with Crippen LogP contribution in [0.1, 0.15) is 118 Å². The fourth-order valence-corrected chi connectivity index (χ4v) is 3.52. The summed E-state index contributed by atoms with van der Waals surface area (Å²) in [5.41, 5.74) is 0.726. The molecule has 0 aliphatic rings. The summed E-state index contributed by atoms with van der Waals surface area (Å²) in [7, 11) is -4.10. The van der Waals surface area contributed by atoms with Gasteiger partial charge in [-0.2, -0.15) is 36.1 Å². The van der Waals surface area contributed by atoms with Crippen LogP contribution in [-0.4, -0.2) is 24.2 Å². The van der Waals surface area contributed by atoms with E-state index in [0.717, 1.165) is 38.8 Å². The van der Waals surface area contributed by atoms with Crippen molar-refractivity contribution in [2.75, 3.05) is 0 Å². The van der Waals surface area contributed by atoms with E-state index < -0.39 is 10.1 Å². The predicted molar refractivity (Wildman–Crippen MR) is 141 cm³/mol. The molecule has 1 aromatic rings. The molecule has 34 heavy (non-hydrogen) atoms. The van der Waals surface area contributed by atoms with Crippen molar-refractivity contribution in [3.8, 4) is 0 Å². The zero-order valence-corrected chi connectivity index (χ0v) is 25.2. The molecule has 0 aromatic heterocycles. The van der Waals surface area contributed by atoms with Gasteiger partial charge in [-0.15, -0.1) is 0 Å². The molecule has 0 saturated carbocycles. The number of hydrogen-bond acceptors (Lipinski definition) is 4. The van der Waals surface area contributed by atoms with Gasteiger partial charge in [0, 0.05) is 6.10 Å². The number of benzene rings is 1. The van der Waals surface area contributed by atoms with E-state index in [-0.39, 0.29) is 11.0 Å². The number of aliphatic hydroxyl groups is 1. The average Bonchev–Trinajstić information content (AvgIpc) is 2.77. The van der Waals surface area contributed by atoms with Crippen molar-refractivity contribution in [1.29, 1.82) is 0 Å². The molecule has 2 N–H and O–H groups in total. The topological polar surface area (TPSA) is 91.7 Å². The number of hydrogen-bond donors (Lipinski definition) is 2. The number of rotatable bonds is 12. The van der Waals surface area contributed by atoms with E-state index in [1.165, 1.54) is 57.4 Å². The molecule has 0 fully saturated rings. The summed E-state index contributed by atoms with van der Waals surface area (Å²) in [4.78, 5) is 0.0610. The molecule has 0 spiro atoms. The molecular weight excluding hydrogens is 484 g/mol. The quantitative estimate of drug-likeness (QED) is 0.122. The van der Waals surface area contributed by atoms with Crippen LogP contribution in [0.15, 0.2) is 29.2 Å². The van der Waals surface area contributed by atoms with Crippen LogP contribution in [0.4, 0.5) is 0 Å². The minimum atomic E-state index is -4.10. The molecular formula is C27H52O5STi. The Balaban J connectivity index is -0.000000314. The Labute approximate surface area is 224 Å². The van der Waals surface area contributed by atoms with Crippen LogP contribution in [0.25, 0.3) is 0 Å². The monoisotopic (exact) mass is 536 g/mol. The first kappa shape index (κ1) is 40.8. The van der Waals surface area contributed by atoms with Gasteiger partial charge in [-0.05, 0) is 38.3 Å². The van der Waals surface area contributed by atoms with E-state index in [1.54, 1.807) is 26.0 Å². The Morgan fingerprint density at radius 1 is 0.794 bits per heavy atom. The third-order valence-electron chi connectivity index (χ3n) is 4.05. The Bertz CT molecular complexity index is 602. The molecule has 0 atom stereocenters. The van der Waals surface area contributed by atoms with E-state index in [2.05, 4.69) is 6.92 Å². The first-order valence-electron chi connectivity index (χ1n) is 12.5. The summed E-state index contributed by atoms with van der Waals surface area (Å²) < 4.78 is 40.0. The molecule has 5 nitrogen and oxygen atoms in total. The van der Waals surface area contributed by atoms with Crippen molar-refractivity contribution in [3.05, 3.63) is 42.7 Å². The Hall–Kier alpha value is -0.396. The fraction of sp³-hybridized carbons (Fsp3) is 0.704. The molecule has 0 aliphatic carbocycles. The van der Waals surface area contributed by atoms with E-state index in [4.69, 9.17) is 8.43 Å². The fourth-order valence-electron chi connectivity index (χ4n) is 2.76. The van der Waals surface area contributed by atoms with E-state index >= 15 is 0 Å². The summed E-state index contributed by atoms with van der Waals surface area (Å²) in [6.07, 6.45) is 17.1. The van der Waals surface area contributed by atoms with Gasteiger partial charge in [-0.1, -0.05) is 82.9 Å². The van der Waals surface area contributed by atoms with Crippen LogP contribution >= 0.6 is 0 Å². The third kappa shape index (κ3) is 36.2. The summed E-state index contributed by atoms with van der Waals surface area (Å²) in [6.45, 7) is 13.7. The normalized spacial score (nSPS) is 9.88. The second kappa shape index (κ2) is 32.6. The van der Waals surface area contributed by atoms with Crippen LogP contribution in [0.5, 0.6) is 0 Å².